The van der Waals surface area contributed by atoms with Crippen LogP contribution < -0.4 is 0 Å². The van der Waals surface area contributed by atoms with Crippen LogP contribution >= 0.6 is 15.9 Å². The molecule has 0 heterocycles. The molecule has 2 aromatic rings. The van der Waals surface area contributed by atoms with Crippen LogP contribution in [0.25, 0.3) is 0 Å². The number of halogens is 2. The minimum atomic E-state index is -0.937. The number of hydrogen-bond donors (Lipinski definition) is 1. The standard InChI is InChI=1S/C16H16BrFO/c1-2-3-11-4-6-12(7-5-11)16(19)14-10-13(17)8-9-15(14)18/h4-10,16,19H,2-3H2,1H3. The largest absolute Gasteiger partial charge is 0.384 e. The molecule has 0 spiro atoms. The summed E-state index contributed by atoms with van der Waals surface area (Å²) in [6.45, 7) is 2.12. The molecule has 0 bridgehead atoms. The Balaban J connectivity index is 2.27. The molecule has 3 heteroatoms. The van der Waals surface area contributed by atoms with Crippen LogP contribution in [0, 0.1) is 5.82 Å². The summed E-state index contributed by atoms with van der Waals surface area (Å²) >= 11 is 3.29. The van der Waals surface area contributed by atoms with Gasteiger partial charge in [-0.3, -0.25) is 0 Å². The summed E-state index contributed by atoms with van der Waals surface area (Å²) in [4.78, 5) is 0. The fourth-order valence-corrected chi connectivity index (χ4v) is 2.44. The Morgan fingerprint density at radius 1 is 1.16 bits per heavy atom. The van der Waals surface area contributed by atoms with Crippen molar-refractivity contribution in [3.8, 4) is 0 Å². The maximum atomic E-state index is 13.7. The monoisotopic (exact) mass is 322 g/mol. The van der Waals surface area contributed by atoms with Gasteiger partial charge in [0.15, 0.2) is 0 Å². The van der Waals surface area contributed by atoms with Crippen molar-refractivity contribution in [2.24, 2.45) is 0 Å². The summed E-state index contributed by atoms with van der Waals surface area (Å²) < 4.78 is 14.5. The predicted molar refractivity (Wildman–Crippen MR) is 78.6 cm³/mol. The molecule has 0 radical (unpaired) electrons. The van der Waals surface area contributed by atoms with Gasteiger partial charge in [0.1, 0.15) is 11.9 Å². The normalized spacial score (nSPS) is 12.4. The maximum Gasteiger partial charge on any atom is 0.129 e. The van der Waals surface area contributed by atoms with Crippen molar-refractivity contribution in [2.75, 3.05) is 0 Å². The van der Waals surface area contributed by atoms with Gasteiger partial charge < -0.3 is 5.11 Å². The van der Waals surface area contributed by atoms with Gasteiger partial charge in [0, 0.05) is 10.0 Å². The Hall–Kier alpha value is -1.19. The third-order valence-electron chi connectivity index (χ3n) is 3.09. The van der Waals surface area contributed by atoms with E-state index >= 15 is 0 Å². The van der Waals surface area contributed by atoms with Gasteiger partial charge in [-0.05, 0) is 35.7 Å². The molecule has 1 atom stereocenters. The van der Waals surface area contributed by atoms with Crippen LogP contribution in [0.1, 0.15) is 36.1 Å². The van der Waals surface area contributed by atoms with E-state index in [9.17, 15) is 9.50 Å². The van der Waals surface area contributed by atoms with Crippen LogP contribution in [0.2, 0.25) is 0 Å². The molecule has 0 aromatic heterocycles. The fraction of sp³-hybridized carbons (Fsp3) is 0.250. The highest BCUT2D eigenvalue weighted by Crippen LogP contribution is 2.27. The molecule has 19 heavy (non-hydrogen) atoms. The maximum absolute atomic E-state index is 13.7. The molecule has 100 valence electrons. The Morgan fingerprint density at radius 3 is 2.47 bits per heavy atom. The number of aryl methyl sites for hydroxylation is 1. The summed E-state index contributed by atoms with van der Waals surface area (Å²) in [6.07, 6.45) is 1.16. The van der Waals surface area contributed by atoms with Gasteiger partial charge in [0.05, 0.1) is 0 Å². The zero-order valence-electron chi connectivity index (χ0n) is 10.7. The Morgan fingerprint density at radius 2 is 1.84 bits per heavy atom. The second-order valence-electron chi connectivity index (χ2n) is 4.56. The van der Waals surface area contributed by atoms with E-state index in [0.29, 0.717) is 5.56 Å². The van der Waals surface area contributed by atoms with E-state index in [2.05, 4.69) is 22.9 Å². The van der Waals surface area contributed by atoms with Crippen molar-refractivity contribution in [3.63, 3.8) is 0 Å². The van der Waals surface area contributed by atoms with Gasteiger partial charge in [0.2, 0.25) is 0 Å². The molecule has 0 saturated carbocycles. The van der Waals surface area contributed by atoms with E-state index in [1.807, 2.05) is 24.3 Å². The lowest BCUT2D eigenvalue weighted by Gasteiger charge is -2.13. The van der Waals surface area contributed by atoms with Crippen molar-refractivity contribution in [3.05, 3.63) is 69.4 Å². The van der Waals surface area contributed by atoms with Gasteiger partial charge in [-0.15, -0.1) is 0 Å². The molecule has 2 rings (SSSR count). The molecule has 1 nitrogen and oxygen atoms in total. The van der Waals surface area contributed by atoms with Crippen LogP contribution in [0.5, 0.6) is 0 Å². The van der Waals surface area contributed by atoms with Crippen LogP contribution in [-0.4, -0.2) is 5.11 Å². The van der Waals surface area contributed by atoms with Crippen LogP contribution in [0.3, 0.4) is 0 Å². The molecule has 0 aliphatic carbocycles. The van der Waals surface area contributed by atoms with E-state index in [1.54, 1.807) is 12.1 Å². The van der Waals surface area contributed by atoms with Crippen molar-refractivity contribution in [1.29, 1.82) is 0 Å². The number of aliphatic hydroxyl groups excluding tert-OH is 1. The lowest BCUT2D eigenvalue weighted by atomic mass is 9.99. The van der Waals surface area contributed by atoms with E-state index < -0.39 is 11.9 Å². The number of rotatable bonds is 4. The lowest BCUT2D eigenvalue weighted by Crippen LogP contribution is -2.02. The molecular weight excluding hydrogens is 307 g/mol. The Labute approximate surface area is 121 Å². The van der Waals surface area contributed by atoms with E-state index in [-0.39, 0.29) is 5.56 Å². The molecule has 1 unspecified atom stereocenters. The molecule has 0 amide bonds. The molecule has 1 N–H and O–H groups in total. The van der Waals surface area contributed by atoms with Gasteiger partial charge in [0.25, 0.3) is 0 Å². The first-order valence-corrected chi connectivity index (χ1v) is 7.13. The van der Waals surface area contributed by atoms with E-state index in [4.69, 9.17) is 0 Å². The van der Waals surface area contributed by atoms with Gasteiger partial charge >= 0.3 is 0 Å². The van der Waals surface area contributed by atoms with Crippen molar-refractivity contribution < 1.29 is 9.50 Å². The third-order valence-corrected chi connectivity index (χ3v) is 3.58. The summed E-state index contributed by atoms with van der Waals surface area (Å²) in [6, 6.07) is 12.3. The second kappa shape index (κ2) is 6.31. The van der Waals surface area contributed by atoms with Crippen LogP contribution in [-0.2, 0) is 6.42 Å². The number of aliphatic hydroxyl groups is 1. The molecule has 0 fully saturated rings. The molecule has 0 saturated heterocycles. The number of hydrogen-bond acceptors (Lipinski definition) is 1. The third kappa shape index (κ3) is 3.43. The SMILES string of the molecule is CCCc1ccc(C(O)c2cc(Br)ccc2F)cc1. The summed E-state index contributed by atoms with van der Waals surface area (Å²) in [7, 11) is 0. The summed E-state index contributed by atoms with van der Waals surface area (Å²) in [5.74, 6) is -0.395. The zero-order valence-corrected chi connectivity index (χ0v) is 12.3. The predicted octanol–water partition coefficient (Wildman–Crippen LogP) is 4.62. The zero-order chi connectivity index (χ0) is 13.8. The highest BCUT2D eigenvalue weighted by atomic mass is 79.9. The van der Waals surface area contributed by atoms with E-state index in [0.717, 1.165) is 17.3 Å². The highest BCUT2D eigenvalue weighted by molar-refractivity contribution is 9.10. The highest BCUT2D eigenvalue weighted by Gasteiger charge is 2.15. The minimum absolute atomic E-state index is 0.289. The van der Waals surface area contributed by atoms with Crippen LogP contribution in [0.15, 0.2) is 46.9 Å². The van der Waals surface area contributed by atoms with E-state index in [1.165, 1.54) is 11.6 Å². The smallest absolute Gasteiger partial charge is 0.129 e. The fourth-order valence-electron chi connectivity index (χ4n) is 2.06. The van der Waals surface area contributed by atoms with Gasteiger partial charge in [-0.2, -0.15) is 0 Å². The first-order valence-electron chi connectivity index (χ1n) is 6.33. The van der Waals surface area contributed by atoms with Crippen molar-refractivity contribution in [2.45, 2.75) is 25.9 Å². The molecular formula is C16H16BrFO. The molecule has 0 aliphatic rings. The first-order chi connectivity index (χ1) is 9.11. The quantitative estimate of drug-likeness (QED) is 0.870. The number of benzene rings is 2. The first kappa shape index (κ1) is 14.2. The van der Waals surface area contributed by atoms with Crippen molar-refractivity contribution in [1.82, 2.24) is 0 Å². The lowest BCUT2D eigenvalue weighted by molar-refractivity contribution is 0.215. The van der Waals surface area contributed by atoms with Gasteiger partial charge in [-0.25, -0.2) is 4.39 Å². The summed E-state index contributed by atoms with van der Waals surface area (Å²) in [5.41, 5.74) is 2.22. The Kier molecular flexibility index (Phi) is 4.72. The average Bonchev–Trinajstić information content (AvgIpc) is 2.42. The molecule has 0 aliphatic heterocycles. The average molecular weight is 323 g/mol. The van der Waals surface area contributed by atoms with Crippen LogP contribution in [0.4, 0.5) is 4.39 Å². The Bertz CT molecular complexity index is 551. The second-order valence-corrected chi connectivity index (χ2v) is 5.48. The summed E-state index contributed by atoms with van der Waals surface area (Å²) in [5, 5.41) is 10.3. The van der Waals surface area contributed by atoms with Crippen molar-refractivity contribution >= 4 is 15.9 Å². The molecule has 2 aromatic carbocycles. The van der Waals surface area contributed by atoms with Gasteiger partial charge in [-0.1, -0.05) is 53.5 Å². The minimum Gasteiger partial charge on any atom is -0.384 e. The topological polar surface area (TPSA) is 20.2 Å².